The van der Waals surface area contributed by atoms with E-state index in [9.17, 15) is 9.59 Å². The second-order valence-corrected chi connectivity index (χ2v) is 6.51. The van der Waals surface area contributed by atoms with Crippen molar-refractivity contribution in [3.8, 4) is 11.1 Å². The van der Waals surface area contributed by atoms with Gasteiger partial charge in [-0.05, 0) is 42.8 Å². The minimum atomic E-state index is -0.402. The van der Waals surface area contributed by atoms with Gasteiger partial charge >= 0.3 is 6.03 Å². The largest absolute Gasteiger partial charge is 0.463 e. The first-order valence-corrected chi connectivity index (χ1v) is 8.92. The Hall–Kier alpha value is -4.13. The maximum Gasteiger partial charge on any atom is 0.323 e. The molecule has 0 bridgehead atoms. The molecule has 0 aliphatic rings. The SMILES string of the molecule is CC(=O)c1cccc(NC(=O)Nc2ccc(-c3coc4ccnc(N)c34)cc2)c1. The minimum absolute atomic E-state index is 0.0627. The zero-order valence-corrected chi connectivity index (χ0v) is 15.6. The van der Waals surface area contributed by atoms with Crippen molar-refractivity contribution < 1.29 is 14.0 Å². The summed E-state index contributed by atoms with van der Waals surface area (Å²) in [6.07, 6.45) is 3.24. The molecule has 0 saturated carbocycles. The van der Waals surface area contributed by atoms with Crippen LogP contribution in [0.1, 0.15) is 17.3 Å². The zero-order valence-electron chi connectivity index (χ0n) is 15.6. The maximum atomic E-state index is 12.2. The van der Waals surface area contributed by atoms with Gasteiger partial charge in [-0.25, -0.2) is 9.78 Å². The summed E-state index contributed by atoms with van der Waals surface area (Å²) in [6.45, 7) is 1.48. The molecule has 29 heavy (non-hydrogen) atoms. The van der Waals surface area contributed by atoms with E-state index in [1.165, 1.54) is 6.92 Å². The summed E-state index contributed by atoms with van der Waals surface area (Å²) in [6, 6.07) is 15.4. The highest BCUT2D eigenvalue weighted by Gasteiger charge is 2.12. The lowest BCUT2D eigenvalue weighted by molar-refractivity contribution is 0.101. The minimum Gasteiger partial charge on any atom is -0.463 e. The normalized spacial score (nSPS) is 10.7. The van der Waals surface area contributed by atoms with E-state index in [0.717, 1.165) is 16.5 Å². The van der Waals surface area contributed by atoms with Crippen LogP contribution in [0.5, 0.6) is 0 Å². The van der Waals surface area contributed by atoms with Crippen LogP contribution in [0.25, 0.3) is 22.1 Å². The van der Waals surface area contributed by atoms with Gasteiger partial charge in [-0.1, -0.05) is 24.3 Å². The van der Waals surface area contributed by atoms with E-state index in [0.29, 0.717) is 28.3 Å². The van der Waals surface area contributed by atoms with Crippen molar-refractivity contribution in [1.82, 2.24) is 4.98 Å². The molecule has 0 fully saturated rings. The first-order valence-electron chi connectivity index (χ1n) is 8.92. The number of rotatable bonds is 4. The third-order valence-corrected chi connectivity index (χ3v) is 4.50. The molecule has 144 valence electrons. The zero-order chi connectivity index (χ0) is 20.4. The predicted molar refractivity (Wildman–Crippen MR) is 113 cm³/mol. The van der Waals surface area contributed by atoms with E-state index in [-0.39, 0.29) is 5.78 Å². The van der Waals surface area contributed by atoms with Gasteiger partial charge in [0.25, 0.3) is 0 Å². The van der Waals surface area contributed by atoms with Gasteiger partial charge in [0.2, 0.25) is 0 Å². The van der Waals surface area contributed by atoms with Crippen LogP contribution in [-0.4, -0.2) is 16.8 Å². The molecule has 0 spiro atoms. The Morgan fingerprint density at radius 1 is 1.00 bits per heavy atom. The molecule has 0 aliphatic carbocycles. The first kappa shape index (κ1) is 18.2. The highest BCUT2D eigenvalue weighted by Crippen LogP contribution is 2.33. The van der Waals surface area contributed by atoms with E-state index in [1.807, 2.05) is 12.1 Å². The molecule has 2 aromatic heterocycles. The number of Topliss-reactive ketones (excluding diaryl/α,β-unsaturated/α-hetero) is 1. The molecular formula is C22H18N4O3. The summed E-state index contributed by atoms with van der Waals surface area (Å²) < 4.78 is 5.55. The smallest absolute Gasteiger partial charge is 0.323 e. The fraction of sp³-hybridized carbons (Fsp3) is 0.0455. The first-order chi connectivity index (χ1) is 14.0. The molecule has 2 aromatic carbocycles. The number of nitrogens with two attached hydrogens (primary N) is 1. The topological polar surface area (TPSA) is 110 Å². The number of aromatic nitrogens is 1. The average molecular weight is 386 g/mol. The Bertz CT molecular complexity index is 1210. The van der Waals surface area contributed by atoms with Crippen LogP contribution in [0.15, 0.2) is 71.5 Å². The molecule has 4 N–H and O–H groups in total. The molecule has 0 aliphatic heterocycles. The highest BCUT2D eigenvalue weighted by molar-refractivity contribution is 6.02. The summed E-state index contributed by atoms with van der Waals surface area (Å²) >= 11 is 0. The van der Waals surface area contributed by atoms with Gasteiger partial charge in [0.05, 0.1) is 11.6 Å². The molecule has 2 heterocycles. The van der Waals surface area contributed by atoms with Gasteiger partial charge in [0.1, 0.15) is 11.4 Å². The van der Waals surface area contributed by atoms with E-state index in [4.69, 9.17) is 10.2 Å². The van der Waals surface area contributed by atoms with Gasteiger partial charge in [-0.3, -0.25) is 4.79 Å². The average Bonchev–Trinajstić information content (AvgIpc) is 3.14. The van der Waals surface area contributed by atoms with E-state index in [1.54, 1.807) is 54.9 Å². The Labute approximate surface area is 166 Å². The second kappa shape index (κ2) is 7.47. The van der Waals surface area contributed by atoms with Gasteiger partial charge in [-0.2, -0.15) is 0 Å². The van der Waals surface area contributed by atoms with Gasteiger partial charge in [0, 0.05) is 28.7 Å². The molecule has 0 radical (unpaired) electrons. The monoisotopic (exact) mass is 386 g/mol. The Morgan fingerprint density at radius 3 is 2.52 bits per heavy atom. The number of hydrogen-bond acceptors (Lipinski definition) is 5. The number of anilines is 3. The number of carbonyl (C=O) groups excluding carboxylic acids is 2. The number of furan rings is 1. The van der Waals surface area contributed by atoms with E-state index in [2.05, 4.69) is 15.6 Å². The number of urea groups is 1. The van der Waals surface area contributed by atoms with Crippen molar-refractivity contribution in [2.24, 2.45) is 0 Å². The van der Waals surface area contributed by atoms with Crippen molar-refractivity contribution in [2.45, 2.75) is 6.92 Å². The predicted octanol–water partition coefficient (Wildman–Crippen LogP) is 4.92. The number of fused-ring (bicyclic) bond motifs is 1. The molecule has 4 aromatic rings. The maximum absolute atomic E-state index is 12.2. The highest BCUT2D eigenvalue weighted by atomic mass is 16.3. The molecule has 7 heteroatoms. The van der Waals surface area contributed by atoms with Crippen molar-refractivity contribution >= 4 is 40.0 Å². The van der Waals surface area contributed by atoms with Crippen LogP contribution >= 0.6 is 0 Å². The summed E-state index contributed by atoms with van der Waals surface area (Å²) in [5.74, 6) is 0.341. The number of amides is 2. The van der Waals surface area contributed by atoms with Gasteiger partial charge in [-0.15, -0.1) is 0 Å². The lowest BCUT2D eigenvalue weighted by Gasteiger charge is -2.09. The molecule has 4 rings (SSSR count). The fourth-order valence-corrected chi connectivity index (χ4v) is 3.06. The third-order valence-electron chi connectivity index (χ3n) is 4.50. The number of ketones is 1. The number of hydrogen-bond donors (Lipinski definition) is 3. The number of nitrogens with zero attached hydrogens (tertiary/aromatic N) is 1. The molecule has 2 amide bonds. The van der Waals surface area contributed by atoms with Crippen LogP contribution in [0.2, 0.25) is 0 Å². The third kappa shape index (κ3) is 3.79. The van der Waals surface area contributed by atoms with E-state index >= 15 is 0 Å². The van der Waals surface area contributed by atoms with Crippen molar-refractivity contribution in [1.29, 1.82) is 0 Å². The van der Waals surface area contributed by atoms with Gasteiger partial charge < -0.3 is 20.8 Å². The molecule has 0 atom stereocenters. The second-order valence-electron chi connectivity index (χ2n) is 6.51. The molecule has 0 saturated heterocycles. The van der Waals surface area contributed by atoms with Crippen LogP contribution < -0.4 is 16.4 Å². The van der Waals surface area contributed by atoms with Crippen molar-refractivity contribution in [3.05, 3.63) is 72.6 Å². The molecule has 7 nitrogen and oxygen atoms in total. The lowest BCUT2D eigenvalue weighted by atomic mass is 10.1. The number of nitrogen functional groups attached to an aromatic ring is 1. The Morgan fingerprint density at radius 2 is 1.76 bits per heavy atom. The van der Waals surface area contributed by atoms with Crippen LogP contribution in [-0.2, 0) is 0 Å². The summed E-state index contributed by atoms with van der Waals surface area (Å²) in [7, 11) is 0. The van der Waals surface area contributed by atoms with Crippen molar-refractivity contribution in [2.75, 3.05) is 16.4 Å². The van der Waals surface area contributed by atoms with Crippen LogP contribution in [0, 0.1) is 0 Å². The standard InChI is InChI=1S/C22H18N4O3/c1-13(27)15-3-2-4-17(11-15)26-22(28)25-16-7-5-14(6-8-16)18-12-29-19-9-10-24-21(23)20(18)19/h2-12H,1H3,(H2,23,24)(H2,25,26,28). The van der Waals surface area contributed by atoms with Crippen LogP contribution in [0.4, 0.5) is 22.0 Å². The van der Waals surface area contributed by atoms with Crippen LogP contribution in [0.3, 0.4) is 0 Å². The molecular weight excluding hydrogens is 368 g/mol. The van der Waals surface area contributed by atoms with Crippen molar-refractivity contribution in [3.63, 3.8) is 0 Å². The molecule has 0 unspecified atom stereocenters. The van der Waals surface area contributed by atoms with E-state index < -0.39 is 6.03 Å². The number of pyridine rings is 1. The summed E-state index contributed by atoms with van der Waals surface area (Å²) in [5, 5.41) is 6.24. The Kier molecular flexibility index (Phi) is 4.70. The summed E-state index contributed by atoms with van der Waals surface area (Å²) in [5.41, 5.74) is 10.1. The number of nitrogens with one attached hydrogen (secondary N) is 2. The fourth-order valence-electron chi connectivity index (χ4n) is 3.06. The quantitative estimate of drug-likeness (QED) is 0.431. The number of benzene rings is 2. The lowest BCUT2D eigenvalue weighted by Crippen LogP contribution is -2.19. The number of carbonyl (C=O) groups is 2. The Balaban J connectivity index is 1.49. The van der Waals surface area contributed by atoms with Gasteiger partial charge in [0.15, 0.2) is 5.78 Å². The summed E-state index contributed by atoms with van der Waals surface area (Å²) in [4.78, 5) is 27.8.